The van der Waals surface area contributed by atoms with Gasteiger partial charge in [0.1, 0.15) is 81.2 Å². The average molecular weight is 1550 g/mol. The molecular formula is C78H66O34. The van der Waals surface area contributed by atoms with Gasteiger partial charge in [0.2, 0.25) is 0 Å². The summed E-state index contributed by atoms with van der Waals surface area (Å²) in [5, 5.41) is 301. The summed E-state index contributed by atoms with van der Waals surface area (Å²) in [5.74, 6) is -39.0. The number of rotatable bonds is 13. The number of carbonyl (C=O) groups excluding carboxylic acids is 2. The Morgan fingerprint density at radius 1 is 0.304 bits per heavy atom. The number of aliphatic hydroxyl groups is 2. The van der Waals surface area contributed by atoms with Gasteiger partial charge in [-0.15, -0.1) is 0 Å². The Kier molecular flexibility index (Phi) is 18.1. The van der Waals surface area contributed by atoms with Gasteiger partial charge in [0.25, 0.3) is 0 Å². The molecule has 12 unspecified atom stereocenters. The second-order valence-electron chi connectivity index (χ2n) is 27.2. The second kappa shape index (κ2) is 27.3. The third-order valence-corrected chi connectivity index (χ3v) is 20.5. The molecule has 582 valence electrons. The van der Waals surface area contributed by atoms with Gasteiger partial charge >= 0.3 is 11.9 Å². The number of esters is 2. The minimum absolute atomic E-state index is 0.0342. The van der Waals surface area contributed by atoms with Gasteiger partial charge in [0, 0.05) is 91.4 Å². The first-order valence-electron chi connectivity index (χ1n) is 33.8. The van der Waals surface area contributed by atoms with E-state index in [2.05, 4.69) is 0 Å². The lowest BCUT2D eigenvalue weighted by molar-refractivity contribution is -0.0318. The van der Waals surface area contributed by atoms with Crippen molar-refractivity contribution in [2.45, 2.75) is 99.2 Å². The molecule has 12 atom stereocenters. The van der Waals surface area contributed by atoms with Crippen molar-refractivity contribution in [1.82, 2.24) is 0 Å². The summed E-state index contributed by atoms with van der Waals surface area (Å²) in [6, 6.07) is 14.3. The molecule has 26 N–H and O–H groups in total. The largest absolute Gasteiger partial charge is 0.507 e. The first-order valence-corrected chi connectivity index (χ1v) is 33.8. The van der Waals surface area contributed by atoms with Crippen molar-refractivity contribution in [2.75, 3.05) is 0 Å². The minimum Gasteiger partial charge on any atom is -0.507 e. The van der Waals surface area contributed by atoms with Crippen LogP contribution in [0.4, 0.5) is 0 Å². The molecule has 0 aromatic heterocycles. The van der Waals surface area contributed by atoms with E-state index in [1.54, 1.807) is 6.92 Å². The maximum absolute atomic E-state index is 15.1. The molecule has 34 heteroatoms. The van der Waals surface area contributed by atoms with Crippen LogP contribution in [0.1, 0.15) is 155 Å². The molecule has 10 aromatic rings. The van der Waals surface area contributed by atoms with E-state index in [1.165, 1.54) is 13.0 Å². The molecule has 0 saturated heterocycles. The van der Waals surface area contributed by atoms with Crippen molar-refractivity contribution in [1.29, 1.82) is 0 Å². The summed E-state index contributed by atoms with van der Waals surface area (Å²) in [4.78, 5) is 30.1. The number of fused-ring (bicyclic) bond motifs is 4. The van der Waals surface area contributed by atoms with Crippen molar-refractivity contribution in [3.05, 3.63) is 187 Å². The molecular weight excluding hydrogens is 1480 g/mol. The van der Waals surface area contributed by atoms with Crippen LogP contribution in [-0.2, 0) is 9.47 Å². The van der Waals surface area contributed by atoms with Crippen LogP contribution in [0, 0.1) is 6.92 Å². The zero-order valence-electron chi connectivity index (χ0n) is 57.6. The highest BCUT2D eigenvalue weighted by atomic mass is 16.6. The molecule has 14 rings (SSSR count). The van der Waals surface area contributed by atoms with Gasteiger partial charge < -0.3 is 161 Å². The molecule has 10 aromatic carbocycles. The maximum atomic E-state index is 15.1. The number of benzene rings is 10. The highest BCUT2D eigenvalue weighted by Gasteiger charge is 2.56. The summed E-state index contributed by atoms with van der Waals surface area (Å²) < 4.78 is 39.5. The number of phenols is 24. The van der Waals surface area contributed by atoms with Crippen LogP contribution in [0.5, 0.6) is 161 Å². The molecule has 0 radical (unpaired) electrons. The number of carbonyl (C=O) groups is 2. The van der Waals surface area contributed by atoms with Crippen LogP contribution in [0.2, 0.25) is 0 Å². The summed E-state index contributed by atoms with van der Waals surface area (Å²) in [6.45, 7) is 2.92. The Labute approximate surface area is 627 Å². The normalized spacial score (nSPS) is 21.4. The standard InChI is InChI=1S/C78H66O34/c1-3-4-30-51-36(84)20-40(88)55(72(51)108-68(61(30)99)24-5-7-31(79)34(82)9-24)60-57-42(90)22-39(87)53(74(57)110-70(25-6-8-32(80)35(83)10-25)75(60)111-77(105)28-15-47(95)64(102)48(96)16-28)58-52-38(86)21-41(89)56(73(52)109-69(66(58)104)26-11-43(91)62(100)44(92)12-26)59-54-37(85)19-33(81)23(2)67(54)107-71(27-13-45(93)63(101)46(94)14-27)76(59)112-78(106)29-17-49(97)65(103)50(98)18-29/h5-22,30,58-61,66,68-71,75-76,79-104H,3-4H2,1-2H3. The lowest BCUT2D eigenvalue weighted by Gasteiger charge is -2.45. The Balaban J connectivity index is 1.10. The molecule has 0 fully saturated rings. The number of ether oxygens (including phenoxy) is 6. The van der Waals surface area contributed by atoms with Gasteiger partial charge in [0.15, 0.2) is 129 Å². The first kappa shape index (κ1) is 74.3. The number of phenolic OH excluding ortho intramolecular Hbond substituents is 24. The van der Waals surface area contributed by atoms with E-state index >= 15 is 4.79 Å². The maximum Gasteiger partial charge on any atom is 0.338 e. The smallest absolute Gasteiger partial charge is 0.338 e. The number of aliphatic hydroxyl groups excluding tert-OH is 2. The highest BCUT2D eigenvalue weighted by molar-refractivity contribution is 5.92. The topological polar surface area (TPSA) is 616 Å². The Morgan fingerprint density at radius 2 is 0.589 bits per heavy atom. The minimum atomic E-state index is -2.55. The molecule has 0 amide bonds. The molecule has 0 spiro atoms. The van der Waals surface area contributed by atoms with Crippen LogP contribution >= 0.6 is 0 Å². The lowest BCUT2D eigenvalue weighted by Crippen LogP contribution is -2.42. The fraction of sp³-hybridized carbons (Fsp3) is 0.205. The highest BCUT2D eigenvalue weighted by Crippen LogP contribution is 2.67. The quantitative estimate of drug-likeness (QED) is 0.0378. The number of hydrogen-bond acceptors (Lipinski definition) is 34. The second-order valence-corrected chi connectivity index (χ2v) is 27.2. The molecule has 34 nitrogen and oxygen atoms in total. The van der Waals surface area contributed by atoms with Crippen LogP contribution in [0.25, 0.3) is 0 Å². The van der Waals surface area contributed by atoms with Crippen LogP contribution in [0.15, 0.2) is 109 Å². The Bertz CT molecular complexity index is 5510. The summed E-state index contributed by atoms with van der Waals surface area (Å²) >= 11 is 0. The van der Waals surface area contributed by atoms with E-state index in [-0.39, 0.29) is 35.1 Å². The predicted octanol–water partition coefficient (Wildman–Crippen LogP) is 8.92. The van der Waals surface area contributed by atoms with E-state index in [0.29, 0.717) is 36.4 Å². The van der Waals surface area contributed by atoms with Crippen molar-refractivity contribution in [3.8, 4) is 161 Å². The molecule has 0 saturated carbocycles. The van der Waals surface area contributed by atoms with E-state index in [1.807, 2.05) is 0 Å². The third kappa shape index (κ3) is 12.0. The Morgan fingerprint density at radius 3 is 0.973 bits per heavy atom. The fourth-order valence-electron chi connectivity index (χ4n) is 15.3. The third-order valence-electron chi connectivity index (χ3n) is 20.5. The molecule has 112 heavy (non-hydrogen) atoms. The SMILES string of the molecule is CCCC1c2c(O)cc(O)c(C3c4c(O)cc(O)c(C5c6c(O)cc(O)c(C7c8c(O)cc(O)c(C)c8OC(c8cc(O)c(O)c(O)c8)C7OC(=O)c7cc(O)c(O)c(O)c7)c6OC(c6cc(O)c(O)c(O)c6)C5O)c4OC(c4ccc(O)c(O)c4)C3OC(=O)c3cc(O)c(O)c(O)c3)c2OC(c2ccc(O)c(O)c2)C1O. The van der Waals surface area contributed by atoms with Crippen molar-refractivity contribution >= 4 is 11.9 Å². The van der Waals surface area contributed by atoms with Gasteiger partial charge in [-0.25, -0.2) is 9.59 Å². The molecule has 4 heterocycles. The van der Waals surface area contributed by atoms with E-state index < -0.39 is 301 Å². The van der Waals surface area contributed by atoms with Crippen LogP contribution in [-0.4, -0.2) is 169 Å². The molecule has 4 aliphatic heterocycles. The van der Waals surface area contributed by atoms with Gasteiger partial charge in [0.05, 0.1) is 28.9 Å². The predicted molar refractivity (Wildman–Crippen MR) is 376 cm³/mol. The zero-order chi connectivity index (χ0) is 80.7. The van der Waals surface area contributed by atoms with Gasteiger partial charge in [-0.2, -0.15) is 0 Å². The van der Waals surface area contributed by atoms with Crippen molar-refractivity contribution in [3.63, 3.8) is 0 Å². The van der Waals surface area contributed by atoms with Crippen LogP contribution in [0.3, 0.4) is 0 Å². The van der Waals surface area contributed by atoms with Gasteiger partial charge in [-0.05, 0) is 91.7 Å². The summed E-state index contributed by atoms with van der Waals surface area (Å²) in [5.41, 5.74) is -8.19. The van der Waals surface area contributed by atoms with E-state index in [4.69, 9.17) is 28.4 Å². The van der Waals surface area contributed by atoms with Gasteiger partial charge in [-0.3, -0.25) is 0 Å². The number of aromatic hydroxyl groups is 24. The van der Waals surface area contributed by atoms with Gasteiger partial charge in [-0.1, -0.05) is 25.5 Å². The molecule has 0 aliphatic carbocycles. The van der Waals surface area contributed by atoms with E-state index in [9.17, 15) is 138 Å². The monoisotopic (exact) mass is 1550 g/mol. The average Bonchev–Trinajstić information content (AvgIpc) is 0.695. The van der Waals surface area contributed by atoms with E-state index in [0.717, 1.165) is 66.7 Å². The first-order chi connectivity index (χ1) is 53.0. The fourth-order valence-corrected chi connectivity index (χ4v) is 15.3. The van der Waals surface area contributed by atoms with Crippen molar-refractivity contribution < 1.29 is 171 Å². The lowest BCUT2D eigenvalue weighted by atomic mass is 9.71. The summed E-state index contributed by atoms with van der Waals surface area (Å²) in [7, 11) is 0. The molecule has 4 aliphatic rings. The zero-order valence-corrected chi connectivity index (χ0v) is 57.6. The van der Waals surface area contributed by atoms with Crippen LogP contribution < -0.4 is 18.9 Å². The van der Waals surface area contributed by atoms with Crippen molar-refractivity contribution in [2.24, 2.45) is 0 Å². The molecule has 0 bridgehead atoms. The Hall–Kier alpha value is -14.5. The number of hydrogen-bond donors (Lipinski definition) is 26. The summed E-state index contributed by atoms with van der Waals surface area (Å²) in [6.07, 6.45) is -17.0.